The number of piperazine rings is 1. The third-order valence-corrected chi connectivity index (χ3v) is 4.21. The van der Waals surface area contributed by atoms with E-state index in [1.54, 1.807) is 0 Å². The first kappa shape index (κ1) is 14.8. The second kappa shape index (κ2) is 6.32. The lowest BCUT2D eigenvalue weighted by atomic mass is 10.00. The van der Waals surface area contributed by atoms with E-state index in [1.165, 1.54) is 25.8 Å². The number of fused-ring (bicyclic) bond motifs is 1. The van der Waals surface area contributed by atoms with Crippen LogP contribution < -0.4 is 9.64 Å². The molecule has 0 saturated carbocycles. The van der Waals surface area contributed by atoms with Gasteiger partial charge in [-0.3, -0.25) is 4.90 Å². The average molecular weight is 312 g/mol. The molecule has 1 aromatic rings. The Balaban J connectivity index is 1.75. The number of rotatable bonds is 3. The number of aromatic nitrogens is 3. The zero-order chi connectivity index (χ0) is 14.8. The molecule has 0 N–H and O–H groups in total. The normalized spacial score (nSPS) is 23.2. The fraction of sp³-hybridized carbons (Fsp3) is 0.786. The Labute approximate surface area is 130 Å². The molecule has 1 unspecified atom stereocenters. The van der Waals surface area contributed by atoms with Gasteiger partial charge in [-0.15, -0.1) is 0 Å². The van der Waals surface area contributed by atoms with Crippen LogP contribution >= 0.6 is 11.6 Å². The molecule has 1 atom stereocenters. The number of nitrogens with zero attached hydrogens (tertiary/aromatic N) is 5. The molecule has 2 aliphatic heterocycles. The van der Waals surface area contributed by atoms with Gasteiger partial charge in [-0.1, -0.05) is 6.42 Å². The minimum atomic E-state index is 0.0199. The van der Waals surface area contributed by atoms with Gasteiger partial charge in [0.2, 0.25) is 11.2 Å². The Hall–Kier alpha value is -1.14. The van der Waals surface area contributed by atoms with Crippen LogP contribution in [-0.4, -0.2) is 58.2 Å². The quantitative estimate of drug-likeness (QED) is 0.851. The Bertz CT molecular complexity index is 498. The van der Waals surface area contributed by atoms with Gasteiger partial charge in [-0.05, 0) is 44.8 Å². The highest BCUT2D eigenvalue weighted by Crippen LogP contribution is 2.24. The van der Waals surface area contributed by atoms with Crippen molar-refractivity contribution in [3.05, 3.63) is 5.28 Å². The third kappa shape index (κ3) is 3.55. The molecular formula is C14H22ClN5O. The van der Waals surface area contributed by atoms with E-state index >= 15 is 0 Å². The van der Waals surface area contributed by atoms with Crippen LogP contribution in [0.15, 0.2) is 0 Å². The highest BCUT2D eigenvalue weighted by molar-refractivity contribution is 6.28. The summed E-state index contributed by atoms with van der Waals surface area (Å²) in [6, 6.07) is 0.920. The van der Waals surface area contributed by atoms with Gasteiger partial charge < -0.3 is 9.64 Å². The zero-order valence-electron chi connectivity index (χ0n) is 12.6. The van der Waals surface area contributed by atoms with Crippen LogP contribution in [0.2, 0.25) is 5.28 Å². The van der Waals surface area contributed by atoms with Crippen LogP contribution in [0.1, 0.15) is 33.1 Å². The molecule has 0 aromatic carbocycles. The summed E-state index contributed by atoms with van der Waals surface area (Å²) in [5.41, 5.74) is 0. The van der Waals surface area contributed by atoms with E-state index in [9.17, 15) is 0 Å². The summed E-state index contributed by atoms with van der Waals surface area (Å²) >= 11 is 6.01. The summed E-state index contributed by atoms with van der Waals surface area (Å²) in [6.45, 7) is 8.06. The van der Waals surface area contributed by atoms with Crippen molar-refractivity contribution in [3.63, 3.8) is 0 Å². The molecule has 0 radical (unpaired) electrons. The van der Waals surface area contributed by atoms with Crippen LogP contribution in [0, 0.1) is 0 Å². The number of piperidine rings is 1. The summed E-state index contributed by atoms with van der Waals surface area (Å²) < 4.78 is 5.55. The first-order valence-corrected chi connectivity index (χ1v) is 8.07. The van der Waals surface area contributed by atoms with Gasteiger partial charge in [0.25, 0.3) is 0 Å². The molecule has 21 heavy (non-hydrogen) atoms. The van der Waals surface area contributed by atoms with E-state index in [2.05, 4.69) is 24.8 Å². The fourth-order valence-electron chi connectivity index (χ4n) is 3.06. The first-order chi connectivity index (χ1) is 10.1. The number of anilines is 1. The van der Waals surface area contributed by atoms with Crippen molar-refractivity contribution in [3.8, 4) is 6.01 Å². The highest BCUT2D eigenvalue weighted by atomic mass is 35.5. The molecule has 7 heteroatoms. The summed E-state index contributed by atoms with van der Waals surface area (Å²) in [5.74, 6) is 0.635. The minimum absolute atomic E-state index is 0.0199. The second-order valence-electron chi connectivity index (χ2n) is 5.99. The molecule has 0 bridgehead atoms. The van der Waals surface area contributed by atoms with Crippen LogP contribution in [0.3, 0.4) is 0 Å². The molecular weight excluding hydrogens is 290 g/mol. The van der Waals surface area contributed by atoms with Crippen LogP contribution in [-0.2, 0) is 0 Å². The summed E-state index contributed by atoms with van der Waals surface area (Å²) in [4.78, 5) is 17.5. The molecule has 2 aliphatic rings. The molecule has 0 spiro atoms. The minimum Gasteiger partial charge on any atom is -0.461 e. The summed E-state index contributed by atoms with van der Waals surface area (Å²) in [6.07, 6.45) is 3.91. The maximum absolute atomic E-state index is 6.01. The third-order valence-electron chi connectivity index (χ3n) is 4.04. The van der Waals surface area contributed by atoms with Crippen molar-refractivity contribution in [1.82, 2.24) is 19.9 Å². The standard InChI is InChI=1S/C14H22ClN5O/c1-10(2)21-14-17-12(15)16-13(18-14)20-8-7-19-6-4-3-5-11(19)9-20/h10-11H,3-9H2,1-2H3. The molecule has 0 amide bonds. The van der Waals surface area contributed by atoms with Crippen LogP contribution in [0.5, 0.6) is 6.01 Å². The van der Waals surface area contributed by atoms with Crippen molar-refractivity contribution in [1.29, 1.82) is 0 Å². The van der Waals surface area contributed by atoms with Gasteiger partial charge in [0, 0.05) is 25.7 Å². The number of ether oxygens (including phenoxy) is 1. The van der Waals surface area contributed by atoms with Gasteiger partial charge in [0.1, 0.15) is 0 Å². The SMILES string of the molecule is CC(C)Oc1nc(Cl)nc(N2CCN3CCCCC3C2)n1. The highest BCUT2D eigenvalue weighted by Gasteiger charge is 2.30. The second-order valence-corrected chi connectivity index (χ2v) is 6.32. The maximum Gasteiger partial charge on any atom is 0.322 e. The lowest BCUT2D eigenvalue weighted by Gasteiger charge is -2.43. The van der Waals surface area contributed by atoms with E-state index in [-0.39, 0.29) is 11.4 Å². The van der Waals surface area contributed by atoms with E-state index in [0.717, 1.165) is 19.6 Å². The predicted octanol–water partition coefficient (Wildman–Crippen LogP) is 1.99. The molecule has 3 rings (SSSR count). The van der Waals surface area contributed by atoms with Crippen molar-refractivity contribution >= 4 is 17.5 Å². The van der Waals surface area contributed by atoms with Crippen molar-refractivity contribution in [2.24, 2.45) is 0 Å². The lowest BCUT2D eigenvalue weighted by Crippen LogP contribution is -2.55. The largest absolute Gasteiger partial charge is 0.461 e. The topological polar surface area (TPSA) is 54.4 Å². The molecule has 6 nitrogen and oxygen atoms in total. The fourth-order valence-corrected chi connectivity index (χ4v) is 3.21. The number of hydrogen-bond acceptors (Lipinski definition) is 6. The monoisotopic (exact) mass is 311 g/mol. The summed E-state index contributed by atoms with van der Waals surface area (Å²) in [5, 5.41) is 0.196. The van der Waals surface area contributed by atoms with Gasteiger partial charge in [0.15, 0.2) is 0 Å². The number of halogens is 1. The lowest BCUT2D eigenvalue weighted by molar-refractivity contribution is 0.132. The van der Waals surface area contributed by atoms with E-state index in [4.69, 9.17) is 16.3 Å². The van der Waals surface area contributed by atoms with Gasteiger partial charge >= 0.3 is 6.01 Å². The maximum atomic E-state index is 6.01. The van der Waals surface area contributed by atoms with Crippen molar-refractivity contribution in [2.75, 3.05) is 31.1 Å². The Morgan fingerprint density at radius 1 is 1.14 bits per heavy atom. The van der Waals surface area contributed by atoms with Gasteiger partial charge in [-0.2, -0.15) is 15.0 Å². The molecule has 116 valence electrons. The molecule has 0 aliphatic carbocycles. The van der Waals surface area contributed by atoms with Gasteiger partial charge in [-0.25, -0.2) is 0 Å². The Kier molecular flexibility index (Phi) is 4.45. The van der Waals surface area contributed by atoms with Crippen LogP contribution in [0.4, 0.5) is 5.95 Å². The summed E-state index contributed by atoms with van der Waals surface area (Å²) in [7, 11) is 0. The van der Waals surface area contributed by atoms with Crippen molar-refractivity contribution in [2.45, 2.75) is 45.3 Å². The Morgan fingerprint density at radius 3 is 2.81 bits per heavy atom. The predicted molar refractivity (Wildman–Crippen MR) is 82.0 cm³/mol. The molecule has 1 aromatic heterocycles. The number of hydrogen-bond donors (Lipinski definition) is 0. The smallest absolute Gasteiger partial charge is 0.322 e. The molecule has 3 heterocycles. The van der Waals surface area contributed by atoms with Gasteiger partial charge in [0.05, 0.1) is 6.10 Å². The van der Waals surface area contributed by atoms with E-state index in [0.29, 0.717) is 18.0 Å². The van der Waals surface area contributed by atoms with Crippen molar-refractivity contribution < 1.29 is 4.74 Å². The average Bonchev–Trinajstić information content (AvgIpc) is 2.45. The van der Waals surface area contributed by atoms with E-state index in [1.807, 2.05) is 13.8 Å². The van der Waals surface area contributed by atoms with E-state index < -0.39 is 0 Å². The van der Waals surface area contributed by atoms with Crippen LogP contribution in [0.25, 0.3) is 0 Å². The zero-order valence-corrected chi connectivity index (χ0v) is 13.4. The molecule has 2 saturated heterocycles. The molecule has 2 fully saturated rings. The first-order valence-electron chi connectivity index (χ1n) is 7.69. The Morgan fingerprint density at radius 2 is 2.00 bits per heavy atom.